The topological polar surface area (TPSA) is 26.0 Å². The summed E-state index contributed by atoms with van der Waals surface area (Å²) in [5, 5.41) is 0. The van der Waals surface area contributed by atoms with Gasteiger partial charge in [-0.05, 0) is 48.4 Å². The molecule has 3 unspecified atom stereocenters. The highest BCUT2D eigenvalue weighted by Gasteiger charge is 2.32. The number of hydrogen-bond acceptors (Lipinski definition) is 1. The van der Waals surface area contributed by atoms with Gasteiger partial charge in [-0.2, -0.15) is 0 Å². The fourth-order valence-corrected chi connectivity index (χ4v) is 2.81. The third-order valence-electron chi connectivity index (χ3n) is 3.48. The average Bonchev–Trinajstić information content (AvgIpc) is 2.52. The summed E-state index contributed by atoms with van der Waals surface area (Å²) in [6.45, 7) is 2.11. The van der Waals surface area contributed by atoms with E-state index in [2.05, 4.69) is 22.9 Å². The SMILES string of the molecule is CC1C(N)CCC1c1cc(Br)ccc1F. The van der Waals surface area contributed by atoms with Gasteiger partial charge >= 0.3 is 0 Å². The third kappa shape index (κ3) is 2.08. The van der Waals surface area contributed by atoms with Crippen molar-refractivity contribution in [2.75, 3.05) is 0 Å². The zero-order valence-corrected chi connectivity index (χ0v) is 10.3. The zero-order valence-electron chi connectivity index (χ0n) is 8.71. The second-order valence-electron chi connectivity index (χ2n) is 4.37. The molecule has 3 atom stereocenters. The molecule has 0 amide bonds. The Morgan fingerprint density at radius 3 is 2.73 bits per heavy atom. The summed E-state index contributed by atoms with van der Waals surface area (Å²) in [6, 6.07) is 5.36. The Bertz CT molecular complexity index is 367. The predicted octanol–water partition coefficient (Wildman–Crippen LogP) is 3.43. The van der Waals surface area contributed by atoms with E-state index in [1.807, 2.05) is 6.07 Å². The summed E-state index contributed by atoms with van der Waals surface area (Å²) < 4.78 is 14.6. The van der Waals surface area contributed by atoms with E-state index in [9.17, 15) is 4.39 Å². The van der Waals surface area contributed by atoms with Crippen LogP contribution in [0.3, 0.4) is 0 Å². The van der Waals surface area contributed by atoms with Crippen molar-refractivity contribution in [3.8, 4) is 0 Å². The predicted molar refractivity (Wildman–Crippen MR) is 63.2 cm³/mol. The molecule has 1 aromatic carbocycles. The molecule has 1 fully saturated rings. The van der Waals surface area contributed by atoms with Crippen molar-refractivity contribution in [1.29, 1.82) is 0 Å². The Morgan fingerprint density at radius 2 is 2.13 bits per heavy atom. The van der Waals surface area contributed by atoms with Crippen molar-refractivity contribution < 1.29 is 4.39 Å². The number of rotatable bonds is 1. The van der Waals surface area contributed by atoms with Gasteiger partial charge in [-0.1, -0.05) is 22.9 Å². The van der Waals surface area contributed by atoms with Crippen LogP contribution in [0.15, 0.2) is 22.7 Å². The highest BCUT2D eigenvalue weighted by atomic mass is 79.9. The lowest BCUT2D eigenvalue weighted by molar-refractivity contribution is 0.463. The van der Waals surface area contributed by atoms with E-state index in [1.165, 1.54) is 6.07 Å². The quantitative estimate of drug-likeness (QED) is 0.832. The molecule has 1 saturated carbocycles. The molecule has 0 radical (unpaired) electrons. The van der Waals surface area contributed by atoms with Crippen LogP contribution in [-0.4, -0.2) is 6.04 Å². The van der Waals surface area contributed by atoms with Crippen molar-refractivity contribution in [2.24, 2.45) is 11.7 Å². The molecule has 1 aliphatic carbocycles. The minimum Gasteiger partial charge on any atom is -0.327 e. The summed E-state index contributed by atoms with van der Waals surface area (Å²) in [4.78, 5) is 0. The van der Waals surface area contributed by atoms with Crippen LogP contribution >= 0.6 is 15.9 Å². The summed E-state index contributed by atoms with van der Waals surface area (Å²) in [5.74, 6) is 0.537. The number of halogens is 2. The fraction of sp³-hybridized carbons (Fsp3) is 0.500. The van der Waals surface area contributed by atoms with E-state index in [4.69, 9.17) is 5.73 Å². The average molecular weight is 272 g/mol. The maximum atomic E-state index is 13.7. The lowest BCUT2D eigenvalue weighted by Gasteiger charge is -2.19. The van der Waals surface area contributed by atoms with E-state index in [0.29, 0.717) is 5.92 Å². The standard InChI is InChI=1S/C12H15BrFN/c1-7-9(3-5-12(7)15)10-6-8(13)2-4-11(10)14/h2,4,6-7,9,12H,3,5,15H2,1H3. The molecule has 0 aliphatic heterocycles. The Morgan fingerprint density at radius 1 is 1.40 bits per heavy atom. The van der Waals surface area contributed by atoms with Gasteiger partial charge in [-0.25, -0.2) is 4.39 Å². The van der Waals surface area contributed by atoms with E-state index >= 15 is 0 Å². The van der Waals surface area contributed by atoms with Crippen LogP contribution < -0.4 is 5.73 Å². The van der Waals surface area contributed by atoms with E-state index in [1.54, 1.807) is 6.07 Å². The smallest absolute Gasteiger partial charge is 0.126 e. The van der Waals surface area contributed by atoms with Gasteiger partial charge in [0.25, 0.3) is 0 Å². The number of nitrogens with two attached hydrogens (primary N) is 1. The van der Waals surface area contributed by atoms with Crippen LogP contribution in [0.4, 0.5) is 4.39 Å². The van der Waals surface area contributed by atoms with Crippen LogP contribution in [0.5, 0.6) is 0 Å². The van der Waals surface area contributed by atoms with Gasteiger partial charge in [-0.3, -0.25) is 0 Å². The lowest BCUT2D eigenvalue weighted by atomic mass is 9.89. The van der Waals surface area contributed by atoms with Crippen LogP contribution in [0.1, 0.15) is 31.2 Å². The van der Waals surface area contributed by atoms with Crippen molar-refractivity contribution >= 4 is 15.9 Å². The number of hydrogen-bond donors (Lipinski definition) is 1. The van der Waals surface area contributed by atoms with Gasteiger partial charge in [0, 0.05) is 10.5 Å². The molecular weight excluding hydrogens is 257 g/mol. The summed E-state index contributed by atoms with van der Waals surface area (Å²) in [6.07, 6.45) is 1.99. The Balaban J connectivity index is 2.33. The highest BCUT2D eigenvalue weighted by molar-refractivity contribution is 9.10. The fourth-order valence-electron chi connectivity index (χ4n) is 2.43. The first-order chi connectivity index (χ1) is 7.09. The molecule has 3 heteroatoms. The zero-order chi connectivity index (χ0) is 11.0. The van der Waals surface area contributed by atoms with Crippen molar-refractivity contribution in [1.82, 2.24) is 0 Å². The molecule has 82 valence electrons. The molecule has 0 heterocycles. The molecule has 0 aromatic heterocycles. The molecular formula is C12H15BrFN. The molecule has 0 saturated heterocycles. The Hall–Kier alpha value is -0.410. The van der Waals surface area contributed by atoms with Gasteiger partial charge in [0.1, 0.15) is 5.82 Å². The van der Waals surface area contributed by atoms with E-state index in [-0.39, 0.29) is 17.8 Å². The number of benzene rings is 1. The third-order valence-corrected chi connectivity index (χ3v) is 3.97. The van der Waals surface area contributed by atoms with Crippen molar-refractivity contribution in [3.05, 3.63) is 34.1 Å². The van der Waals surface area contributed by atoms with Crippen LogP contribution in [-0.2, 0) is 0 Å². The molecule has 2 N–H and O–H groups in total. The maximum absolute atomic E-state index is 13.7. The first-order valence-corrected chi connectivity index (χ1v) is 6.09. The van der Waals surface area contributed by atoms with Crippen LogP contribution in [0, 0.1) is 11.7 Å². The highest BCUT2D eigenvalue weighted by Crippen LogP contribution is 2.40. The summed E-state index contributed by atoms with van der Waals surface area (Å²) in [7, 11) is 0. The molecule has 2 rings (SSSR count). The first-order valence-electron chi connectivity index (χ1n) is 5.30. The Kier molecular flexibility index (Phi) is 3.12. The van der Waals surface area contributed by atoms with Crippen molar-refractivity contribution in [2.45, 2.75) is 31.7 Å². The minimum absolute atomic E-state index is 0.107. The molecule has 15 heavy (non-hydrogen) atoms. The van der Waals surface area contributed by atoms with Crippen molar-refractivity contribution in [3.63, 3.8) is 0 Å². The van der Waals surface area contributed by atoms with Gasteiger partial charge in [0.2, 0.25) is 0 Å². The van der Waals surface area contributed by atoms with E-state index < -0.39 is 0 Å². The lowest BCUT2D eigenvalue weighted by Crippen LogP contribution is -2.24. The second-order valence-corrected chi connectivity index (χ2v) is 5.29. The molecule has 1 nitrogen and oxygen atoms in total. The molecule has 1 aromatic rings. The van der Waals surface area contributed by atoms with Gasteiger partial charge in [0.15, 0.2) is 0 Å². The summed E-state index contributed by atoms with van der Waals surface area (Å²) >= 11 is 3.38. The van der Waals surface area contributed by atoms with Gasteiger partial charge in [-0.15, -0.1) is 0 Å². The van der Waals surface area contributed by atoms with Gasteiger partial charge in [0.05, 0.1) is 0 Å². The maximum Gasteiger partial charge on any atom is 0.126 e. The van der Waals surface area contributed by atoms with Gasteiger partial charge < -0.3 is 5.73 Å². The normalized spacial score (nSPS) is 30.8. The van der Waals surface area contributed by atoms with Crippen LogP contribution in [0.2, 0.25) is 0 Å². The monoisotopic (exact) mass is 271 g/mol. The Labute approximate surface area is 98.0 Å². The van der Waals surface area contributed by atoms with E-state index in [0.717, 1.165) is 22.9 Å². The second kappa shape index (κ2) is 4.22. The largest absolute Gasteiger partial charge is 0.327 e. The summed E-state index contributed by atoms with van der Waals surface area (Å²) in [5.41, 5.74) is 6.77. The molecule has 0 spiro atoms. The molecule has 1 aliphatic rings. The molecule has 0 bridgehead atoms. The minimum atomic E-state index is -0.107. The first kappa shape index (κ1) is 11.1. The van der Waals surface area contributed by atoms with Crippen LogP contribution in [0.25, 0.3) is 0 Å².